The van der Waals surface area contributed by atoms with E-state index >= 15 is 0 Å². The van der Waals surface area contributed by atoms with Crippen LogP contribution in [-0.2, 0) is 11.3 Å². The molecule has 5 nitrogen and oxygen atoms in total. The average Bonchev–Trinajstić information content (AvgIpc) is 2.30. The van der Waals surface area contributed by atoms with Gasteiger partial charge in [0.1, 0.15) is 5.82 Å². The van der Waals surface area contributed by atoms with Crippen LogP contribution in [0.25, 0.3) is 0 Å². The minimum atomic E-state index is 0.239. The van der Waals surface area contributed by atoms with Crippen LogP contribution in [0.3, 0.4) is 0 Å². The molecule has 1 saturated heterocycles. The molecule has 1 aliphatic rings. The summed E-state index contributed by atoms with van der Waals surface area (Å²) >= 11 is 6.16. The van der Waals surface area contributed by atoms with Gasteiger partial charge in [-0.1, -0.05) is 11.6 Å². The van der Waals surface area contributed by atoms with Gasteiger partial charge in [-0.05, 0) is 26.0 Å². The number of morpholine rings is 1. The predicted molar refractivity (Wildman–Crippen MR) is 72.3 cm³/mol. The van der Waals surface area contributed by atoms with Gasteiger partial charge < -0.3 is 10.2 Å². The molecule has 0 radical (unpaired) electrons. The number of hydrazine groups is 1. The Morgan fingerprint density at radius 3 is 2.72 bits per heavy atom. The Morgan fingerprint density at radius 1 is 1.44 bits per heavy atom. The molecule has 18 heavy (non-hydrogen) atoms. The fourth-order valence-corrected chi connectivity index (χ4v) is 2.47. The van der Waals surface area contributed by atoms with E-state index in [1.165, 1.54) is 0 Å². The summed E-state index contributed by atoms with van der Waals surface area (Å²) in [6.45, 7) is 6.66. The van der Waals surface area contributed by atoms with Crippen LogP contribution in [0.15, 0.2) is 12.1 Å². The molecule has 2 unspecified atom stereocenters. The van der Waals surface area contributed by atoms with E-state index in [1.807, 2.05) is 6.07 Å². The molecule has 1 aromatic heterocycles. The molecule has 2 heterocycles. The van der Waals surface area contributed by atoms with E-state index < -0.39 is 0 Å². The maximum absolute atomic E-state index is 6.16. The molecule has 2 atom stereocenters. The summed E-state index contributed by atoms with van der Waals surface area (Å²) in [5.41, 5.74) is 3.38. The van der Waals surface area contributed by atoms with Crippen LogP contribution in [0.2, 0.25) is 5.02 Å². The molecule has 0 aromatic carbocycles. The molecule has 3 N–H and O–H groups in total. The first-order valence-electron chi connectivity index (χ1n) is 6.08. The van der Waals surface area contributed by atoms with Crippen LogP contribution in [0.5, 0.6) is 0 Å². The van der Waals surface area contributed by atoms with Crippen LogP contribution in [0, 0.1) is 0 Å². The fourth-order valence-electron chi connectivity index (χ4n) is 2.30. The maximum atomic E-state index is 6.16. The van der Waals surface area contributed by atoms with E-state index in [-0.39, 0.29) is 12.2 Å². The molecule has 0 amide bonds. The van der Waals surface area contributed by atoms with Gasteiger partial charge in [-0.2, -0.15) is 0 Å². The molecule has 1 aliphatic heterocycles. The Bertz CT molecular complexity index is 405. The van der Waals surface area contributed by atoms with Gasteiger partial charge in [-0.25, -0.2) is 10.8 Å². The van der Waals surface area contributed by atoms with Gasteiger partial charge in [-0.15, -0.1) is 0 Å². The standard InChI is InChI=1S/C12H19ClN4O/c1-8-5-17(6-9(2)18-8)7-11-10(13)3-4-12(15-11)16-14/h3-4,8-9H,5-7,14H2,1-2H3,(H,15,16). The normalized spacial score (nSPS) is 25.1. The van der Waals surface area contributed by atoms with Gasteiger partial charge in [0.25, 0.3) is 0 Å². The zero-order chi connectivity index (χ0) is 13.1. The summed E-state index contributed by atoms with van der Waals surface area (Å²) in [7, 11) is 0. The van der Waals surface area contributed by atoms with E-state index in [4.69, 9.17) is 22.2 Å². The fraction of sp³-hybridized carbons (Fsp3) is 0.583. The summed E-state index contributed by atoms with van der Waals surface area (Å²) in [5, 5.41) is 0.667. The Labute approximate surface area is 112 Å². The van der Waals surface area contributed by atoms with Crippen molar-refractivity contribution >= 4 is 17.4 Å². The number of hydrogen-bond donors (Lipinski definition) is 2. The van der Waals surface area contributed by atoms with Crippen molar-refractivity contribution in [3.63, 3.8) is 0 Å². The lowest BCUT2D eigenvalue weighted by atomic mass is 10.2. The SMILES string of the molecule is CC1CN(Cc2nc(NN)ccc2Cl)CC(C)O1. The third-order valence-corrected chi connectivity index (χ3v) is 3.28. The molecule has 1 aromatic rings. The first-order chi connectivity index (χ1) is 8.58. The third-order valence-electron chi connectivity index (χ3n) is 2.94. The van der Waals surface area contributed by atoms with Gasteiger partial charge in [0, 0.05) is 19.6 Å². The number of halogens is 1. The number of anilines is 1. The van der Waals surface area contributed by atoms with Gasteiger partial charge in [0.15, 0.2) is 0 Å². The minimum absolute atomic E-state index is 0.239. The highest BCUT2D eigenvalue weighted by molar-refractivity contribution is 6.31. The van der Waals surface area contributed by atoms with Crippen molar-refractivity contribution in [2.24, 2.45) is 5.84 Å². The van der Waals surface area contributed by atoms with Crippen LogP contribution in [0.1, 0.15) is 19.5 Å². The Balaban J connectivity index is 2.08. The van der Waals surface area contributed by atoms with Crippen molar-refractivity contribution < 1.29 is 4.74 Å². The van der Waals surface area contributed by atoms with Crippen molar-refractivity contribution in [2.75, 3.05) is 18.5 Å². The first-order valence-corrected chi connectivity index (χ1v) is 6.46. The van der Waals surface area contributed by atoms with Crippen molar-refractivity contribution in [2.45, 2.75) is 32.6 Å². The molecule has 0 spiro atoms. The number of aromatic nitrogens is 1. The highest BCUT2D eigenvalue weighted by Crippen LogP contribution is 2.20. The average molecular weight is 271 g/mol. The van der Waals surface area contributed by atoms with Gasteiger partial charge in [0.2, 0.25) is 0 Å². The minimum Gasteiger partial charge on any atom is -0.373 e. The Hall–Kier alpha value is -0.880. The van der Waals surface area contributed by atoms with Crippen molar-refractivity contribution in [1.82, 2.24) is 9.88 Å². The number of ether oxygens (including phenoxy) is 1. The van der Waals surface area contributed by atoms with Crippen LogP contribution in [-0.4, -0.2) is 35.2 Å². The lowest BCUT2D eigenvalue weighted by Crippen LogP contribution is -2.45. The molecule has 2 rings (SSSR count). The van der Waals surface area contributed by atoms with Crippen molar-refractivity contribution in [3.8, 4) is 0 Å². The van der Waals surface area contributed by atoms with E-state index in [0.717, 1.165) is 18.8 Å². The van der Waals surface area contributed by atoms with Gasteiger partial charge in [0.05, 0.1) is 22.9 Å². The highest BCUT2D eigenvalue weighted by Gasteiger charge is 2.23. The number of rotatable bonds is 3. The zero-order valence-electron chi connectivity index (χ0n) is 10.7. The van der Waals surface area contributed by atoms with Gasteiger partial charge in [-0.3, -0.25) is 4.90 Å². The van der Waals surface area contributed by atoms with E-state index in [0.29, 0.717) is 17.4 Å². The largest absolute Gasteiger partial charge is 0.373 e. The predicted octanol–water partition coefficient (Wildman–Crippen LogP) is 1.63. The molecule has 6 heteroatoms. The first kappa shape index (κ1) is 13.5. The summed E-state index contributed by atoms with van der Waals surface area (Å²) in [6, 6.07) is 3.57. The number of pyridine rings is 1. The number of nitrogens with two attached hydrogens (primary N) is 1. The second kappa shape index (κ2) is 5.84. The maximum Gasteiger partial charge on any atom is 0.140 e. The quantitative estimate of drug-likeness (QED) is 0.646. The summed E-state index contributed by atoms with van der Waals surface area (Å²) in [5.74, 6) is 5.99. The topological polar surface area (TPSA) is 63.4 Å². The zero-order valence-corrected chi connectivity index (χ0v) is 11.4. The summed E-state index contributed by atoms with van der Waals surface area (Å²) in [6.07, 6.45) is 0.478. The lowest BCUT2D eigenvalue weighted by Gasteiger charge is -2.35. The highest BCUT2D eigenvalue weighted by atomic mass is 35.5. The van der Waals surface area contributed by atoms with Crippen molar-refractivity contribution in [3.05, 3.63) is 22.8 Å². The summed E-state index contributed by atoms with van der Waals surface area (Å²) < 4.78 is 5.70. The molecular formula is C12H19ClN4O. The smallest absolute Gasteiger partial charge is 0.140 e. The molecular weight excluding hydrogens is 252 g/mol. The molecule has 100 valence electrons. The van der Waals surface area contributed by atoms with E-state index in [1.54, 1.807) is 6.07 Å². The van der Waals surface area contributed by atoms with Gasteiger partial charge >= 0.3 is 0 Å². The number of nitrogens with one attached hydrogen (secondary N) is 1. The molecule has 0 aliphatic carbocycles. The monoisotopic (exact) mass is 270 g/mol. The number of nitrogens with zero attached hydrogens (tertiary/aromatic N) is 2. The second-order valence-electron chi connectivity index (χ2n) is 4.72. The number of hydrogen-bond acceptors (Lipinski definition) is 5. The van der Waals surface area contributed by atoms with Crippen LogP contribution >= 0.6 is 11.6 Å². The van der Waals surface area contributed by atoms with Crippen LogP contribution in [0.4, 0.5) is 5.82 Å². The lowest BCUT2D eigenvalue weighted by molar-refractivity contribution is -0.0707. The Morgan fingerprint density at radius 2 is 2.11 bits per heavy atom. The molecule has 0 saturated carbocycles. The Kier molecular flexibility index (Phi) is 4.40. The van der Waals surface area contributed by atoms with Crippen molar-refractivity contribution in [1.29, 1.82) is 0 Å². The van der Waals surface area contributed by atoms with E-state index in [9.17, 15) is 0 Å². The summed E-state index contributed by atoms with van der Waals surface area (Å²) in [4.78, 5) is 6.68. The van der Waals surface area contributed by atoms with Crippen LogP contribution < -0.4 is 11.3 Å². The van der Waals surface area contributed by atoms with E-state index in [2.05, 4.69) is 29.2 Å². The molecule has 1 fully saturated rings. The second-order valence-corrected chi connectivity index (χ2v) is 5.13. The third kappa shape index (κ3) is 3.32. The molecule has 0 bridgehead atoms. The number of nitrogen functional groups attached to an aromatic ring is 1.